The third-order valence-corrected chi connectivity index (χ3v) is 4.45. The lowest BCUT2D eigenvalue weighted by Crippen LogP contribution is -2.87. The van der Waals surface area contributed by atoms with E-state index < -0.39 is 0 Å². The number of hydrogen-bond acceptors (Lipinski definition) is 2. The molecule has 1 aromatic heterocycles. The summed E-state index contributed by atoms with van der Waals surface area (Å²) in [5.41, 5.74) is 2.03. The highest BCUT2D eigenvalue weighted by molar-refractivity contribution is 6.30. The van der Waals surface area contributed by atoms with Crippen LogP contribution in [0, 0.1) is 0 Å². The van der Waals surface area contributed by atoms with Crippen LogP contribution in [0.2, 0.25) is 5.15 Å². The van der Waals surface area contributed by atoms with E-state index in [2.05, 4.69) is 16.4 Å². The Hall–Kier alpha value is -1.32. The number of quaternary nitrogens is 1. The summed E-state index contributed by atoms with van der Waals surface area (Å²) in [5.74, 6) is 0.854. The number of nitrogens with two attached hydrogens (primary N) is 1. The highest BCUT2D eigenvalue weighted by Gasteiger charge is 2.18. The minimum absolute atomic E-state index is 0.622. The van der Waals surface area contributed by atoms with Crippen LogP contribution < -0.4 is 10.1 Å². The van der Waals surface area contributed by atoms with E-state index in [-0.39, 0.29) is 0 Å². The van der Waals surface area contributed by atoms with Gasteiger partial charge in [-0.1, -0.05) is 11.6 Å². The summed E-state index contributed by atoms with van der Waals surface area (Å²) in [6.45, 7) is 0.906. The zero-order valence-electron chi connectivity index (χ0n) is 11.7. The molecule has 2 aromatic rings. The van der Waals surface area contributed by atoms with Crippen molar-refractivity contribution < 1.29 is 10.1 Å². The summed E-state index contributed by atoms with van der Waals surface area (Å²) in [6, 6.07) is 8.77. The molecule has 0 atom stereocenters. The predicted octanol–water partition coefficient (Wildman–Crippen LogP) is 2.90. The summed E-state index contributed by atoms with van der Waals surface area (Å²) in [4.78, 5) is 4.49. The van der Waals surface area contributed by atoms with E-state index in [1.807, 2.05) is 18.2 Å². The molecule has 20 heavy (non-hydrogen) atoms. The number of halogens is 1. The van der Waals surface area contributed by atoms with Gasteiger partial charge in [0.2, 0.25) is 0 Å². The summed E-state index contributed by atoms with van der Waals surface area (Å²) in [6.07, 6.45) is 5.38. The Balaban J connectivity index is 1.83. The van der Waals surface area contributed by atoms with Crippen molar-refractivity contribution in [1.82, 2.24) is 4.98 Å². The van der Waals surface area contributed by atoms with Crippen molar-refractivity contribution >= 4 is 22.5 Å². The van der Waals surface area contributed by atoms with Gasteiger partial charge in [-0.2, -0.15) is 0 Å². The third-order valence-electron chi connectivity index (χ3n) is 4.12. The number of pyridine rings is 1. The summed E-state index contributed by atoms with van der Waals surface area (Å²) in [7, 11) is 1.68. The highest BCUT2D eigenvalue weighted by atomic mass is 35.5. The van der Waals surface area contributed by atoms with Gasteiger partial charge in [0.05, 0.1) is 18.7 Å². The molecular formula is C16H20ClN2O+. The first-order chi connectivity index (χ1) is 9.76. The fourth-order valence-electron chi connectivity index (χ4n) is 2.93. The second-order valence-electron chi connectivity index (χ2n) is 5.48. The van der Waals surface area contributed by atoms with Gasteiger partial charge in [0.25, 0.3) is 0 Å². The van der Waals surface area contributed by atoms with E-state index >= 15 is 0 Å². The molecule has 2 N–H and O–H groups in total. The fourth-order valence-corrected chi connectivity index (χ4v) is 3.15. The lowest BCUT2D eigenvalue weighted by atomic mass is 10.1. The zero-order chi connectivity index (χ0) is 13.9. The molecule has 0 spiro atoms. The van der Waals surface area contributed by atoms with Crippen molar-refractivity contribution in [3.05, 3.63) is 35.0 Å². The van der Waals surface area contributed by atoms with E-state index in [1.165, 1.54) is 25.7 Å². The van der Waals surface area contributed by atoms with E-state index in [0.29, 0.717) is 5.15 Å². The van der Waals surface area contributed by atoms with Gasteiger partial charge in [0.15, 0.2) is 0 Å². The number of ether oxygens (including phenoxy) is 1. The largest absolute Gasteiger partial charge is 0.497 e. The second-order valence-corrected chi connectivity index (χ2v) is 5.84. The quantitative estimate of drug-likeness (QED) is 0.880. The normalized spacial score (nSPS) is 15.9. The lowest BCUT2D eigenvalue weighted by Gasteiger charge is -2.10. The molecule has 0 aliphatic heterocycles. The average Bonchev–Trinajstić information content (AvgIpc) is 2.98. The van der Waals surface area contributed by atoms with Gasteiger partial charge in [0, 0.05) is 10.9 Å². The standard InChI is InChI=1S/C16H19ClN2O/c1-20-14-6-7-15-11(9-14)8-12(16(17)19-15)10-18-13-4-2-3-5-13/h6-9,13,18H,2-5,10H2,1H3/p+1. The molecular weight excluding hydrogens is 272 g/mol. The summed E-state index contributed by atoms with van der Waals surface area (Å²) < 4.78 is 5.27. The van der Waals surface area contributed by atoms with Crippen LogP contribution >= 0.6 is 11.6 Å². The molecule has 4 heteroatoms. The SMILES string of the molecule is COc1ccc2nc(Cl)c(C[NH2+]C3CCCC3)cc2c1. The average molecular weight is 292 g/mol. The monoisotopic (exact) mass is 291 g/mol. The van der Waals surface area contributed by atoms with Gasteiger partial charge in [-0.15, -0.1) is 0 Å². The van der Waals surface area contributed by atoms with Crippen LogP contribution in [0.15, 0.2) is 24.3 Å². The lowest BCUT2D eigenvalue weighted by molar-refractivity contribution is -0.703. The maximum absolute atomic E-state index is 6.30. The highest BCUT2D eigenvalue weighted by Crippen LogP contribution is 2.24. The molecule has 106 valence electrons. The molecule has 3 nitrogen and oxygen atoms in total. The number of hydrogen-bond donors (Lipinski definition) is 1. The van der Waals surface area contributed by atoms with Crippen molar-refractivity contribution in [2.45, 2.75) is 38.3 Å². The van der Waals surface area contributed by atoms with Crippen LogP contribution in [-0.4, -0.2) is 18.1 Å². The topological polar surface area (TPSA) is 38.7 Å². The van der Waals surface area contributed by atoms with Crippen LogP contribution in [0.4, 0.5) is 0 Å². The smallest absolute Gasteiger partial charge is 0.138 e. The Labute approximate surface area is 124 Å². The van der Waals surface area contributed by atoms with E-state index in [4.69, 9.17) is 16.3 Å². The van der Waals surface area contributed by atoms with Crippen LogP contribution in [0.1, 0.15) is 31.2 Å². The Morgan fingerprint density at radius 3 is 2.85 bits per heavy atom. The summed E-state index contributed by atoms with van der Waals surface area (Å²) >= 11 is 6.30. The van der Waals surface area contributed by atoms with Crippen molar-refractivity contribution in [3.63, 3.8) is 0 Å². The maximum Gasteiger partial charge on any atom is 0.138 e. The molecule has 1 saturated carbocycles. The third kappa shape index (κ3) is 2.89. The minimum Gasteiger partial charge on any atom is -0.497 e. The van der Waals surface area contributed by atoms with Gasteiger partial charge in [0.1, 0.15) is 17.4 Å². The molecule has 0 bridgehead atoms. The second kappa shape index (κ2) is 5.98. The number of methoxy groups -OCH3 is 1. The fraction of sp³-hybridized carbons (Fsp3) is 0.438. The van der Waals surface area contributed by atoms with E-state index in [0.717, 1.165) is 34.8 Å². The number of nitrogens with zero attached hydrogens (tertiary/aromatic N) is 1. The van der Waals surface area contributed by atoms with Gasteiger partial charge in [-0.25, -0.2) is 4.98 Å². The van der Waals surface area contributed by atoms with Gasteiger partial charge >= 0.3 is 0 Å². The Kier molecular flexibility index (Phi) is 4.08. The first-order valence-corrected chi connectivity index (χ1v) is 7.60. The van der Waals surface area contributed by atoms with Crippen molar-refractivity contribution in [3.8, 4) is 5.75 Å². The molecule has 0 amide bonds. The molecule has 1 aliphatic rings. The maximum atomic E-state index is 6.30. The van der Waals surface area contributed by atoms with Crippen LogP contribution in [0.25, 0.3) is 10.9 Å². The Bertz CT molecular complexity index is 609. The molecule has 0 saturated heterocycles. The minimum atomic E-state index is 0.622. The number of fused-ring (bicyclic) bond motifs is 1. The molecule has 0 radical (unpaired) electrons. The van der Waals surface area contributed by atoms with Crippen molar-refractivity contribution in [1.29, 1.82) is 0 Å². The Morgan fingerprint density at radius 2 is 2.10 bits per heavy atom. The molecule has 1 heterocycles. The Morgan fingerprint density at radius 1 is 1.30 bits per heavy atom. The molecule has 3 rings (SSSR count). The van der Waals surface area contributed by atoms with Gasteiger partial charge in [-0.3, -0.25) is 0 Å². The van der Waals surface area contributed by atoms with Crippen LogP contribution in [0.3, 0.4) is 0 Å². The number of benzene rings is 1. The van der Waals surface area contributed by atoms with Gasteiger partial charge < -0.3 is 10.1 Å². The molecule has 0 unspecified atom stereocenters. The molecule has 1 fully saturated rings. The van der Waals surface area contributed by atoms with Crippen molar-refractivity contribution in [2.24, 2.45) is 0 Å². The number of aromatic nitrogens is 1. The number of rotatable bonds is 4. The van der Waals surface area contributed by atoms with Crippen LogP contribution in [-0.2, 0) is 6.54 Å². The predicted molar refractivity (Wildman–Crippen MR) is 81.2 cm³/mol. The molecule has 1 aliphatic carbocycles. The molecule has 1 aromatic carbocycles. The van der Waals surface area contributed by atoms with Crippen molar-refractivity contribution in [2.75, 3.05) is 7.11 Å². The van der Waals surface area contributed by atoms with Gasteiger partial charge in [-0.05, 0) is 49.9 Å². The van der Waals surface area contributed by atoms with E-state index in [1.54, 1.807) is 7.11 Å². The van der Waals surface area contributed by atoms with Crippen LogP contribution in [0.5, 0.6) is 5.75 Å². The summed E-state index contributed by atoms with van der Waals surface area (Å²) in [5, 5.41) is 4.11. The zero-order valence-corrected chi connectivity index (χ0v) is 12.5. The first kappa shape index (κ1) is 13.7. The van der Waals surface area contributed by atoms with E-state index in [9.17, 15) is 0 Å². The first-order valence-electron chi connectivity index (χ1n) is 7.23.